The number of pyridine rings is 1. The van der Waals surface area contributed by atoms with Crippen LogP contribution in [-0.4, -0.2) is 67.9 Å². The molecule has 2 saturated carbocycles. The Morgan fingerprint density at radius 1 is 1.17 bits per heavy atom. The number of carbonyl (C=O) groups is 2. The zero-order valence-electron chi connectivity index (χ0n) is 16.6. The van der Waals surface area contributed by atoms with Crippen LogP contribution in [0.3, 0.4) is 0 Å². The van der Waals surface area contributed by atoms with Crippen LogP contribution in [-0.2, 0) is 4.79 Å². The van der Waals surface area contributed by atoms with Gasteiger partial charge in [-0.3, -0.25) is 14.0 Å². The molecule has 1 saturated heterocycles. The Kier molecular flexibility index (Phi) is 4.94. The van der Waals surface area contributed by atoms with Crippen molar-refractivity contribution < 1.29 is 19.1 Å². The molecule has 0 unspecified atom stereocenters. The summed E-state index contributed by atoms with van der Waals surface area (Å²) in [6.07, 6.45) is 6.47. The fourth-order valence-corrected chi connectivity index (χ4v) is 4.89. The second-order valence-electron chi connectivity index (χ2n) is 8.62. The Hall–Kier alpha value is -2.19. The number of nitrogens with zero attached hydrogens (tertiary/aromatic N) is 4. The average Bonchev–Trinajstić information content (AvgIpc) is 3.53. The van der Waals surface area contributed by atoms with Crippen LogP contribution in [0.15, 0.2) is 12.3 Å². The Bertz CT molecular complexity index is 1010. The maximum Gasteiger partial charge on any atom is 0.276 e. The number of imidazole rings is 1. The van der Waals surface area contributed by atoms with E-state index < -0.39 is 11.7 Å². The zero-order chi connectivity index (χ0) is 21.0. The second-order valence-corrected chi connectivity index (χ2v) is 8.97. The van der Waals surface area contributed by atoms with Gasteiger partial charge in [-0.15, -0.1) is 0 Å². The SMILES string of the molecule is O=C(c1nc2c(F)cc(C3CC3)cn2c1Cl)N1CCN(C2CCC(O)CC2)C(=O)C1. The normalized spacial score (nSPS) is 25.2. The second kappa shape index (κ2) is 7.50. The molecule has 30 heavy (non-hydrogen) atoms. The van der Waals surface area contributed by atoms with E-state index in [1.807, 2.05) is 4.90 Å². The van der Waals surface area contributed by atoms with Crippen molar-refractivity contribution >= 4 is 29.1 Å². The van der Waals surface area contributed by atoms with Crippen molar-refractivity contribution in [3.05, 3.63) is 34.5 Å². The third-order valence-electron chi connectivity index (χ3n) is 6.54. The molecule has 9 heteroatoms. The molecule has 0 atom stereocenters. The van der Waals surface area contributed by atoms with Crippen LogP contribution < -0.4 is 0 Å². The lowest BCUT2D eigenvalue weighted by molar-refractivity contribution is -0.138. The van der Waals surface area contributed by atoms with Crippen molar-refractivity contribution in [1.82, 2.24) is 19.2 Å². The van der Waals surface area contributed by atoms with Gasteiger partial charge in [-0.1, -0.05) is 11.6 Å². The molecule has 3 fully saturated rings. The van der Waals surface area contributed by atoms with Gasteiger partial charge < -0.3 is 14.9 Å². The quantitative estimate of drug-likeness (QED) is 0.805. The van der Waals surface area contributed by atoms with Crippen LogP contribution in [0.5, 0.6) is 0 Å². The Morgan fingerprint density at radius 3 is 2.57 bits per heavy atom. The largest absolute Gasteiger partial charge is 0.393 e. The third kappa shape index (κ3) is 3.46. The smallest absolute Gasteiger partial charge is 0.276 e. The maximum absolute atomic E-state index is 14.5. The van der Waals surface area contributed by atoms with Gasteiger partial charge in [0, 0.05) is 25.3 Å². The number of hydrogen-bond donors (Lipinski definition) is 1. The van der Waals surface area contributed by atoms with Gasteiger partial charge in [0.15, 0.2) is 17.2 Å². The van der Waals surface area contributed by atoms with E-state index in [1.54, 1.807) is 6.20 Å². The van der Waals surface area contributed by atoms with Gasteiger partial charge in [0.25, 0.3) is 5.91 Å². The van der Waals surface area contributed by atoms with Gasteiger partial charge in [0.05, 0.1) is 6.10 Å². The third-order valence-corrected chi connectivity index (χ3v) is 6.90. The molecule has 2 aromatic rings. The summed E-state index contributed by atoms with van der Waals surface area (Å²) in [4.78, 5) is 33.2. The van der Waals surface area contributed by atoms with Gasteiger partial charge in [0.2, 0.25) is 5.91 Å². The molecule has 1 N–H and O–H groups in total. The molecule has 0 aromatic carbocycles. The fourth-order valence-electron chi connectivity index (χ4n) is 4.64. The zero-order valence-corrected chi connectivity index (χ0v) is 17.3. The van der Waals surface area contributed by atoms with Crippen molar-refractivity contribution in [3.63, 3.8) is 0 Å². The highest BCUT2D eigenvalue weighted by atomic mass is 35.5. The number of rotatable bonds is 3. The first-order valence-electron chi connectivity index (χ1n) is 10.6. The molecule has 1 aliphatic heterocycles. The topological polar surface area (TPSA) is 78.2 Å². The van der Waals surface area contributed by atoms with E-state index in [0.717, 1.165) is 31.2 Å². The lowest BCUT2D eigenvalue weighted by Crippen LogP contribution is -2.56. The first-order valence-corrected chi connectivity index (χ1v) is 10.9. The standard InChI is InChI=1S/C21H24ClFN4O3/c22-19-18(24-20-16(23)9-13(10-27(19)20)12-1-2-12)21(30)25-7-8-26(17(29)11-25)14-3-5-15(28)6-4-14/h9-10,12,14-15,28H,1-8,11H2. The van der Waals surface area contributed by atoms with Crippen LogP contribution in [0, 0.1) is 5.82 Å². The van der Waals surface area contributed by atoms with Crippen molar-refractivity contribution in [3.8, 4) is 0 Å². The van der Waals surface area contributed by atoms with Gasteiger partial charge >= 0.3 is 0 Å². The number of aromatic nitrogens is 2. The fraction of sp³-hybridized carbons (Fsp3) is 0.571. The number of fused-ring (bicyclic) bond motifs is 1. The lowest BCUT2D eigenvalue weighted by atomic mass is 9.91. The first-order chi connectivity index (χ1) is 14.4. The molecule has 0 bridgehead atoms. The lowest BCUT2D eigenvalue weighted by Gasteiger charge is -2.41. The minimum Gasteiger partial charge on any atom is -0.393 e. The Labute approximate surface area is 178 Å². The van der Waals surface area contributed by atoms with E-state index in [4.69, 9.17) is 11.6 Å². The van der Waals surface area contributed by atoms with E-state index in [-0.39, 0.29) is 41.1 Å². The van der Waals surface area contributed by atoms with Gasteiger partial charge in [0.1, 0.15) is 11.7 Å². The van der Waals surface area contributed by atoms with Gasteiger partial charge in [-0.2, -0.15) is 0 Å². The van der Waals surface area contributed by atoms with E-state index in [0.29, 0.717) is 31.8 Å². The molecule has 3 aliphatic rings. The summed E-state index contributed by atoms with van der Waals surface area (Å²) < 4.78 is 16.0. The molecule has 7 nitrogen and oxygen atoms in total. The predicted molar refractivity (Wildman–Crippen MR) is 108 cm³/mol. The first kappa shape index (κ1) is 19.8. The number of aliphatic hydroxyl groups is 1. The summed E-state index contributed by atoms with van der Waals surface area (Å²) in [6.45, 7) is 0.776. The molecular formula is C21H24ClFN4O3. The molecular weight excluding hydrogens is 411 g/mol. The Balaban J connectivity index is 1.34. The van der Waals surface area contributed by atoms with Crippen molar-refractivity contribution in [2.75, 3.05) is 19.6 Å². The van der Waals surface area contributed by atoms with Gasteiger partial charge in [-0.25, -0.2) is 9.37 Å². The van der Waals surface area contributed by atoms with Crippen molar-refractivity contribution in [1.29, 1.82) is 0 Å². The van der Waals surface area contributed by atoms with Crippen LogP contribution >= 0.6 is 11.6 Å². The Morgan fingerprint density at radius 2 is 1.90 bits per heavy atom. The molecule has 2 aromatic heterocycles. The van der Waals surface area contributed by atoms with Crippen LogP contribution in [0.1, 0.15) is 60.5 Å². The number of carbonyl (C=O) groups excluding carboxylic acids is 2. The predicted octanol–water partition coefficient (Wildman–Crippen LogP) is 2.59. The molecule has 0 radical (unpaired) electrons. The summed E-state index contributed by atoms with van der Waals surface area (Å²) in [5.74, 6) is -0.727. The highest BCUT2D eigenvalue weighted by Gasteiger charge is 2.35. The molecule has 0 spiro atoms. The molecule has 2 amide bonds. The van der Waals surface area contributed by atoms with Crippen molar-refractivity contribution in [2.24, 2.45) is 0 Å². The monoisotopic (exact) mass is 434 g/mol. The molecule has 160 valence electrons. The van der Waals surface area contributed by atoms with E-state index >= 15 is 0 Å². The molecule has 5 rings (SSSR count). The summed E-state index contributed by atoms with van der Waals surface area (Å²) in [5, 5.41) is 9.76. The highest BCUT2D eigenvalue weighted by Crippen LogP contribution is 2.41. The van der Waals surface area contributed by atoms with Crippen LogP contribution in [0.25, 0.3) is 5.65 Å². The summed E-state index contributed by atoms with van der Waals surface area (Å²) in [6, 6.07) is 1.58. The number of amides is 2. The number of piperazine rings is 1. The van der Waals surface area contributed by atoms with Crippen LogP contribution in [0.2, 0.25) is 5.15 Å². The summed E-state index contributed by atoms with van der Waals surface area (Å²) >= 11 is 6.41. The summed E-state index contributed by atoms with van der Waals surface area (Å²) in [5.41, 5.74) is 0.865. The van der Waals surface area contributed by atoms with E-state index in [1.165, 1.54) is 15.4 Å². The number of aliphatic hydroxyl groups excluding tert-OH is 1. The maximum atomic E-state index is 14.5. The van der Waals surface area contributed by atoms with Crippen LogP contribution in [0.4, 0.5) is 4.39 Å². The molecule has 2 aliphatic carbocycles. The van der Waals surface area contributed by atoms with E-state index in [9.17, 15) is 19.1 Å². The summed E-state index contributed by atoms with van der Waals surface area (Å²) in [7, 11) is 0. The minimum absolute atomic E-state index is 0.0226. The average molecular weight is 435 g/mol. The highest BCUT2D eigenvalue weighted by molar-refractivity contribution is 6.33. The van der Waals surface area contributed by atoms with Crippen molar-refractivity contribution in [2.45, 2.75) is 56.6 Å². The number of halogens is 2. The van der Waals surface area contributed by atoms with E-state index in [2.05, 4.69) is 4.98 Å². The van der Waals surface area contributed by atoms with Gasteiger partial charge in [-0.05, 0) is 56.1 Å². The number of hydrogen-bond acceptors (Lipinski definition) is 4. The molecule has 3 heterocycles. The minimum atomic E-state index is -0.499.